The molecule has 0 saturated carbocycles. The molecule has 1 aliphatic heterocycles. The van der Waals surface area contributed by atoms with Gasteiger partial charge in [-0.05, 0) is 44.6 Å². The molecule has 2 aromatic heterocycles. The highest BCUT2D eigenvalue weighted by molar-refractivity contribution is 5.32. The van der Waals surface area contributed by atoms with Crippen LogP contribution in [0.3, 0.4) is 0 Å². The minimum atomic E-state index is 0.0544. The van der Waals surface area contributed by atoms with E-state index in [1.165, 1.54) is 0 Å². The Kier molecular flexibility index (Phi) is 5.16. The first kappa shape index (κ1) is 17.6. The molecule has 1 fully saturated rings. The second kappa shape index (κ2) is 7.33. The maximum atomic E-state index is 12.3. The average Bonchev–Trinajstić information content (AvgIpc) is 2.56. The Bertz CT molecular complexity index is 770. The lowest BCUT2D eigenvalue weighted by molar-refractivity contribution is 0.348. The van der Waals surface area contributed by atoms with Gasteiger partial charge in [0.05, 0.1) is 12.0 Å². The Labute approximate surface area is 149 Å². The Morgan fingerprint density at radius 1 is 1.12 bits per heavy atom. The summed E-state index contributed by atoms with van der Waals surface area (Å²) in [5.74, 6) is 1.60. The Morgan fingerprint density at radius 2 is 1.76 bits per heavy atom. The van der Waals surface area contributed by atoms with Crippen molar-refractivity contribution in [2.24, 2.45) is 5.92 Å². The Morgan fingerprint density at radius 3 is 2.32 bits per heavy atom. The minimum absolute atomic E-state index is 0.0544. The third kappa shape index (κ3) is 4.24. The zero-order valence-electron chi connectivity index (χ0n) is 15.6. The second-order valence-corrected chi connectivity index (χ2v) is 7.34. The number of aryl methyl sites for hydroxylation is 2. The minimum Gasteiger partial charge on any atom is -0.341 e. The van der Waals surface area contributed by atoms with E-state index in [-0.39, 0.29) is 11.5 Å². The fraction of sp³-hybridized carbons (Fsp3) is 0.579. The van der Waals surface area contributed by atoms with Crippen molar-refractivity contribution < 1.29 is 0 Å². The predicted octanol–water partition coefficient (Wildman–Crippen LogP) is 2.69. The smallest absolute Gasteiger partial charge is 0.253 e. The maximum absolute atomic E-state index is 12.3. The van der Waals surface area contributed by atoms with Gasteiger partial charge in [0.15, 0.2) is 0 Å². The van der Waals surface area contributed by atoms with Crippen molar-refractivity contribution in [2.45, 2.75) is 53.0 Å². The van der Waals surface area contributed by atoms with Gasteiger partial charge in [-0.3, -0.25) is 9.36 Å². The molecule has 0 aromatic carbocycles. The van der Waals surface area contributed by atoms with Crippen molar-refractivity contribution >= 4 is 5.95 Å². The summed E-state index contributed by atoms with van der Waals surface area (Å²) in [6.07, 6.45) is 3.78. The summed E-state index contributed by atoms with van der Waals surface area (Å²) in [6.45, 7) is 10.7. The van der Waals surface area contributed by atoms with Crippen LogP contribution in [-0.4, -0.2) is 32.6 Å². The van der Waals surface area contributed by atoms with Crippen LogP contribution in [0.5, 0.6) is 0 Å². The molecule has 0 aliphatic carbocycles. The van der Waals surface area contributed by atoms with Gasteiger partial charge in [-0.1, -0.05) is 13.8 Å². The molecule has 1 aliphatic rings. The van der Waals surface area contributed by atoms with E-state index >= 15 is 0 Å². The summed E-state index contributed by atoms with van der Waals surface area (Å²) in [5.41, 5.74) is 2.93. The van der Waals surface area contributed by atoms with Crippen molar-refractivity contribution in [3.63, 3.8) is 0 Å². The van der Waals surface area contributed by atoms with E-state index in [0.29, 0.717) is 5.92 Å². The van der Waals surface area contributed by atoms with Gasteiger partial charge in [-0.15, -0.1) is 0 Å². The topological polar surface area (TPSA) is 63.9 Å². The molecule has 0 N–H and O–H groups in total. The molecule has 3 heterocycles. The van der Waals surface area contributed by atoms with E-state index in [2.05, 4.69) is 33.7 Å². The standard InChI is InChI=1S/C19H27N5O/c1-13(2)17-10-18(25)24(12-20-17)11-16-5-7-23(8-6-16)19-21-14(3)9-15(4)22-19/h9-10,12-13,16H,5-8,11H2,1-4H3. The first-order chi connectivity index (χ1) is 11.9. The molecule has 0 amide bonds. The van der Waals surface area contributed by atoms with E-state index in [4.69, 9.17) is 0 Å². The van der Waals surface area contributed by atoms with Gasteiger partial charge in [0.25, 0.3) is 5.56 Å². The maximum Gasteiger partial charge on any atom is 0.253 e. The van der Waals surface area contributed by atoms with Crippen LogP contribution in [0.15, 0.2) is 23.3 Å². The van der Waals surface area contributed by atoms with Crippen LogP contribution in [0.4, 0.5) is 5.95 Å². The van der Waals surface area contributed by atoms with Crippen LogP contribution in [0.2, 0.25) is 0 Å². The fourth-order valence-corrected chi connectivity index (χ4v) is 3.34. The highest BCUT2D eigenvalue weighted by atomic mass is 16.1. The van der Waals surface area contributed by atoms with Gasteiger partial charge < -0.3 is 4.90 Å². The lowest BCUT2D eigenvalue weighted by atomic mass is 9.97. The molecule has 6 nitrogen and oxygen atoms in total. The third-order valence-electron chi connectivity index (χ3n) is 4.81. The number of piperidine rings is 1. The summed E-state index contributed by atoms with van der Waals surface area (Å²) in [5, 5.41) is 0. The van der Waals surface area contributed by atoms with Crippen LogP contribution in [-0.2, 0) is 6.54 Å². The first-order valence-corrected chi connectivity index (χ1v) is 9.06. The number of nitrogens with zero attached hydrogens (tertiary/aromatic N) is 5. The van der Waals surface area contributed by atoms with E-state index in [0.717, 1.165) is 55.5 Å². The first-order valence-electron chi connectivity index (χ1n) is 9.06. The average molecular weight is 341 g/mol. The molecule has 6 heteroatoms. The van der Waals surface area contributed by atoms with Gasteiger partial charge in [0, 0.05) is 37.1 Å². The number of hydrogen-bond donors (Lipinski definition) is 0. The van der Waals surface area contributed by atoms with Gasteiger partial charge in [0.2, 0.25) is 5.95 Å². The van der Waals surface area contributed by atoms with Crippen LogP contribution in [0, 0.1) is 19.8 Å². The molecule has 25 heavy (non-hydrogen) atoms. The SMILES string of the molecule is Cc1cc(C)nc(N2CCC(Cn3cnc(C(C)C)cc3=O)CC2)n1. The van der Waals surface area contributed by atoms with E-state index < -0.39 is 0 Å². The van der Waals surface area contributed by atoms with Gasteiger partial charge in [-0.2, -0.15) is 0 Å². The van der Waals surface area contributed by atoms with Crippen LogP contribution < -0.4 is 10.5 Å². The summed E-state index contributed by atoms with van der Waals surface area (Å²) >= 11 is 0. The molecule has 0 bridgehead atoms. The van der Waals surface area contributed by atoms with Gasteiger partial charge in [-0.25, -0.2) is 15.0 Å². The summed E-state index contributed by atoms with van der Waals surface area (Å²) in [4.78, 5) is 28.1. The van der Waals surface area contributed by atoms with Crippen LogP contribution >= 0.6 is 0 Å². The molecule has 134 valence electrons. The van der Waals surface area contributed by atoms with Gasteiger partial charge >= 0.3 is 0 Å². The van der Waals surface area contributed by atoms with Crippen LogP contribution in [0.1, 0.15) is 49.7 Å². The number of rotatable bonds is 4. The zero-order chi connectivity index (χ0) is 18.0. The predicted molar refractivity (Wildman–Crippen MR) is 99.0 cm³/mol. The molecule has 0 radical (unpaired) electrons. The molecule has 0 atom stereocenters. The lowest BCUT2D eigenvalue weighted by Crippen LogP contribution is -2.37. The fourth-order valence-electron chi connectivity index (χ4n) is 3.34. The molecule has 2 aromatic rings. The van der Waals surface area contributed by atoms with Gasteiger partial charge in [0.1, 0.15) is 0 Å². The highest BCUT2D eigenvalue weighted by Gasteiger charge is 2.22. The largest absolute Gasteiger partial charge is 0.341 e. The molecule has 1 saturated heterocycles. The zero-order valence-corrected chi connectivity index (χ0v) is 15.6. The third-order valence-corrected chi connectivity index (χ3v) is 4.81. The van der Waals surface area contributed by atoms with Crippen molar-refractivity contribution in [2.75, 3.05) is 18.0 Å². The monoisotopic (exact) mass is 341 g/mol. The quantitative estimate of drug-likeness (QED) is 0.855. The number of aromatic nitrogens is 4. The van der Waals surface area contributed by atoms with Crippen molar-refractivity contribution in [3.8, 4) is 0 Å². The second-order valence-electron chi connectivity index (χ2n) is 7.34. The normalized spacial score (nSPS) is 15.8. The Balaban J connectivity index is 1.62. The molecular weight excluding hydrogens is 314 g/mol. The van der Waals surface area contributed by atoms with E-state index in [1.54, 1.807) is 17.0 Å². The molecule has 0 spiro atoms. The molecule has 3 rings (SSSR count). The molecule has 0 unspecified atom stereocenters. The van der Waals surface area contributed by atoms with Crippen LogP contribution in [0.25, 0.3) is 0 Å². The highest BCUT2D eigenvalue weighted by Crippen LogP contribution is 2.22. The van der Waals surface area contributed by atoms with Crippen molar-refractivity contribution in [1.82, 2.24) is 19.5 Å². The van der Waals surface area contributed by atoms with Crippen molar-refractivity contribution in [1.29, 1.82) is 0 Å². The number of anilines is 1. The Hall–Kier alpha value is -2.24. The van der Waals surface area contributed by atoms with E-state index in [9.17, 15) is 4.79 Å². The van der Waals surface area contributed by atoms with E-state index in [1.807, 2.05) is 19.9 Å². The molecular formula is C19H27N5O. The number of hydrogen-bond acceptors (Lipinski definition) is 5. The summed E-state index contributed by atoms with van der Waals surface area (Å²) in [7, 11) is 0. The summed E-state index contributed by atoms with van der Waals surface area (Å²) in [6, 6.07) is 3.67. The summed E-state index contributed by atoms with van der Waals surface area (Å²) < 4.78 is 1.75. The lowest BCUT2D eigenvalue weighted by Gasteiger charge is -2.32. The van der Waals surface area contributed by atoms with Crippen molar-refractivity contribution in [3.05, 3.63) is 45.9 Å².